The van der Waals surface area contributed by atoms with Gasteiger partial charge in [-0.25, -0.2) is 9.59 Å². The summed E-state index contributed by atoms with van der Waals surface area (Å²) in [6, 6.07) is -0.316. The van der Waals surface area contributed by atoms with Crippen molar-refractivity contribution in [3.63, 3.8) is 0 Å². The van der Waals surface area contributed by atoms with Crippen molar-refractivity contribution in [1.29, 1.82) is 0 Å². The highest BCUT2D eigenvalue weighted by molar-refractivity contribution is 5.85. The second kappa shape index (κ2) is 6.04. The molecule has 2 amide bonds. The van der Waals surface area contributed by atoms with Gasteiger partial charge in [0, 0.05) is 26.1 Å². The predicted molar refractivity (Wildman–Crippen MR) is 66.4 cm³/mol. The number of nitrogens with zero attached hydrogens (tertiary/aromatic N) is 1. The summed E-state index contributed by atoms with van der Waals surface area (Å²) < 4.78 is 5.10. The van der Waals surface area contributed by atoms with Crippen LogP contribution in [0.15, 0.2) is 0 Å². The molecule has 0 saturated carbocycles. The Morgan fingerprint density at radius 3 is 2.72 bits per heavy atom. The second-order valence-corrected chi connectivity index (χ2v) is 5.27. The minimum atomic E-state index is -1.24. The van der Waals surface area contributed by atoms with Crippen molar-refractivity contribution >= 4 is 12.0 Å². The molecule has 0 aromatic rings. The lowest BCUT2D eigenvalue weighted by atomic mass is 9.99. The first kappa shape index (κ1) is 14.8. The van der Waals surface area contributed by atoms with Gasteiger partial charge in [-0.15, -0.1) is 0 Å². The third-order valence-corrected chi connectivity index (χ3v) is 3.16. The molecule has 0 bridgehead atoms. The maximum Gasteiger partial charge on any atom is 0.328 e. The third kappa shape index (κ3) is 3.87. The minimum Gasteiger partial charge on any atom is -0.480 e. The van der Waals surface area contributed by atoms with Gasteiger partial charge in [-0.05, 0) is 26.7 Å². The topological polar surface area (TPSA) is 78.9 Å². The number of carbonyl (C=O) groups is 2. The fourth-order valence-electron chi connectivity index (χ4n) is 2.02. The number of hydrogen-bond donors (Lipinski definition) is 2. The molecule has 1 heterocycles. The van der Waals surface area contributed by atoms with Crippen LogP contribution in [0.25, 0.3) is 0 Å². The molecule has 18 heavy (non-hydrogen) atoms. The van der Waals surface area contributed by atoms with Crippen LogP contribution in [0.2, 0.25) is 0 Å². The van der Waals surface area contributed by atoms with Crippen LogP contribution in [-0.4, -0.2) is 54.4 Å². The van der Waals surface area contributed by atoms with Gasteiger partial charge in [0.2, 0.25) is 0 Å². The Bertz CT molecular complexity index is 315. The molecular formula is C12H22N2O4. The van der Waals surface area contributed by atoms with Gasteiger partial charge in [0.25, 0.3) is 0 Å². The van der Waals surface area contributed by atoms with Gasteiger partial charge in [0.05, 0.1) is 6.61 Å². The lowest BCUT2D eigenvalue weighted by Crippen LogP contribution is -2.56. The van der Waals surface area contributed by atoms with E-state index in [9.17, 15) is 9.59 Å². The molecule has 0 aliphatic carbocycles. The van der Waals surface area contributed by atoms with Crippen LogP contribution in [-0.2, 0) is 9.53 Å². The molecule has 1 saturated heterocycles. The number of urea groups is 1. The van der Waals surface area contributed by atoms with Gasteiger partial charge in [0.15, 0.2) is 0 Å². The maximum absolute atomic E-state index is 12.0. The Labute approximate surface area is 107 Å². The highest BCUT2D eigenvalue weighted by atomic mass is 16.5. The highest BCUT2D eigenvalue weighted by Gasteiger charge is 2.32. The zero-order valence-corrected chi connectivity index (χ0v) is 11.2. The van der Waals surface area contributed by atoms with Gasteiger partial charge in [-0.2, -0.15) is 0 Å². The van der Waals surface area contributed by atoms with Crippen molar-refractivity contribution in [2.24, 2.45) is 5.92 Å². The van der Waals surface area contributed by atoms with Gasteiger partial charge < -0.3 is 20.1 Å². The Morgan fingerprint density at radius 2 is 2.17 bits per heavy atom. The molecule has 6 nitrogen and oxygen atoms in total. The molecule has 1 unspecified atom stereocenters. The van der Waals surface area contributed by atoms with E-state index in [1.165, 1.54) is 13.8 Å². The number of amides is 2. The fourth-order valence-corrected chi connectivity index (χ4v) is 2.02. The quantitative estimate of drug-likeness (QED) is 0.786. The van der Waals surface area contributed by atoms with Crippen LogP contribution in [0, 0.1) is 5.92 Å². The van der Waals surface area contributed by atoms with Crippen molar-refractivity contribution in [1.82, 2.24) is 10.2 Å². The summed E-state index contributed by atoms with van der Waals surface area (Å²) in [5, 5.41) is 11.5. The molecule has 2 N–H and O–H groups in total. The number of likely N-dealkylation sites (tertiary alicyclic amines) is 1. The Hall–Kier alpha value is -1.30. The molecule has 104 valence electrons. The molecule has 1 rings (SSSR count). The number of hydrogen-bond acceptors (Lipinski definition) is 3. The first-order valence-electron chi connectivity index (χ1n) is 6.16. The van der Waals surface area contributed by atoms with Gasteiger partial charge >= 0.3 is 12.0 Å². The number of carbonyl (C=O) groups excluding carboxylic acids is 1. The SMILES string of the molecule is COCC1CCCN(C(=O)NC(C)(C)C(=O)O)C1. The van der Waals surface area contributed by atoms with Crippen LogP contribution in [0.1, 0.15) is 26.7 Å². The van der Waals surface area contributed by atoms with E-state index in [2.05, 4.69) is 5.32 Å². The summed E-state index contributed by atoms with van der Waals surface area (Å²) in [6.07, 6.45) is 1.97. The monoisotopic (exact) mass is 258 g/mol. The molecule has 0 aromatic carbocycles. The van der Waals surface area contributed by atoms with Gasteiger partial charge in [0.1, 0.15) is 5.54 Å². The fraction of sp³-hybridized carbons (Fsp3) is 0.833. The standard InChI is InChI=1S/C12H22N2O4/c1-12(2,10(15)16)13-11(17)14-6-4-5-9(7-14)8-18-3/h9H,4-8H2,1-3H3,(H,13,17)(H,15,16). The number of carboxylic acids is 1. The molecule has 0 spiro atoms. The average molecular weight is 258 g/mol. The number of aliphatic carboxylic acids is 1. The number of ether oxygens (including phenoxy) is 1. The Balaban J connectivity index is 2.53. The summed E-state index contributed by atoms with van der Waals surface area (Å²) in [4.78, 5) is 24.6. The number of rotatable bonds is 4. The smallest absolute Gasteiger partial charge is 0.328 e. The number of piperidine rings is 1. The second-order valence-electron chi connectivity index (χ2n) is 5.27. The van der Waals surface area contributed by atoms with Crippen molar-refractivity contribution in [3.8, 4) is 0 Å². The average Bonchev–Trinajstić information content (AvgIpc) is 2.29. The molecular weight excluding hydrogens is 236 g/mol. The van der Waals surface area contributed by atoms with E-state index >= 15 is 0 Å². The third-order valence-electron chi connectivity index (χ3n) is 3.16. The maximum atomic E-state index is 12.0. The van der Waals surface area contributed by atoms with Crippen LogP contribution in [0.3, 0.4) is 0 Å². The summed E-state index contributed by atoms with van der Waals surface area (Å²) in [7, 11) is 1.65. The van der Waals surface area contributed by atoms with E-state index in [1.54, 1.807) is 12.0 Å². The van der Waals surface area contributed by atoms with Crippen molar-refractivity contribution in [3.05, 3.63) is 0 Å². The van der Waals surface area contributed by atoms with E-state index in [1.807, 2.05) is 0 Å². The van der Waals surface area contributed by atoms with Crippen LogP contribution in [0.5, 0.6) is 0 Å². The molecule has 1 aliphatic heterocycles. The number of nitrogens with one attached hydrogen (secondary N) is 1. The Morgan fingerprint density at radius 1 is 1.50 bits per heavy atom. The summed E-state index contributed by atoms with van der Waals surface area (Å²) in [5.74, 6) is -0.705. The molecule has 0 radical (unpaired) electrons. The van der Waals surface area contributed by atoms with Crippen LogP contribution >= 0.6 is 0 Å². The van der Waals surface area contributed by atoms with Gasteiger partial charge in [-0.3, -0.25) is 0 Å². The van der Waals surface area contributed by atoms with Crippen molar-refractivity contribution < 1.29 is 19.4 Å². The van der Waals surface area contributed by atoms with E-state index in [0.717, 1.165) is 12.8 Å². The summed E-state index contributed by atoms with van der Waals surface area (Å²) >= 11 is 0. The molecule has 0 aromatic heterocycles. The van der Waals surface area contributed by atoms with Crippen LogP contribution < -0.4 is 5.32 Å². The molecule has 1 fully saturated rings. The minimum absolute atomic E-state index is 0.316. The number of carboxylic acid groups (broad SMARTS) is 1. The zero-order valence-electron chi connectivity index (χ0n) is 11.2. The summed E-state index contributed by atoms with van der Waals surface area (Å²) in [5.41, 5.74) is -1.24. The molecule has 1 atom stereocenters. The predicted octanol–water partition coefficient (Wildman–Crippen LogP) is 0.918. The van der Waals surface area contributed by atoms with Crippen molar-refractivity contribution in [2.75, 3.05) is 26.8 Å². The first-order chi connectivity index (χ1) is 8.36. The largest absolute Gasteiger partial charge is 0.480 e. The normalized spacial score (nSPS) is 20.6. The zero-order chi connectivity index (χ0) is 13.8. The lowest BCUT2D eigenvalue weighted by Gasteiger charge is -2.34. The van der Waals surface area contributed by atoms with Crippen molar-refractivity contribution in [2.45, 2.75) is 32.2 Å². The van der Waals surface area contributed by atoms with E-state index in [4.69, 9.17) is 9.84 Å². The van der Waals surface area contributed by atoms with Gasteiger partial charge in [-0.1, -0.05) is 0 Å². The van der Waals surface area contributed by atoms with E-state index in [0.29, 0.717) is 25.6 Å². The van der Waals surface area contributed by atoms with E-state index < -0.39 is 11.5 Å². The summed E-state index contributed by atoms with van der Waals surface area (Å²) in [6.45, 7) is 4.87. The van der Waals surface area contributed by atoms with Crippen LogP contribution in [0.4, 0.5) is 4.79 Å². The molecule has 6 heteroatoms. The lowest BCUT2D eigenvalue weighted by molar-refractivity contribution is -0.143. The number of methoxy groups -OCH3 is 1. The van der Waals surface area contributed by atoms with E-state index in [-0.39, 0.29) is 6.03 Å². The first-order valence-corrected chi connectivity index (χ1v) is 6.16. The Kier molecular flexibility index (Phi) is 4.95. The molecule has 1 aliphatic rings. The highest BCUT2D eigenvalue weighted by Crippen LogP contribution is 2.17.